The molecule has 3 nitrogen and oxygen atoms in total. The second kappa shape index (κ2) is 5.89. The van der Waals surface area contributed by atoms with Crippen LogP contribution < -0.4 is 0 Å². The number of benzene rings is 3. The highest BCUT2D eigenvalue weighted by Crippen LogP contribution is 2.34. The molecule has 0 spiro atoms. The monoisotopic (exact) mass is 415 g/mol. The standard InChI is InChI=1S/C23H18BrN3/c1-13-10-15(3)19(11-14(13)2)23-26-25-22-18-7-5-4-6-17(18)20-12-16(24)8-9-21(20)27(22)23/h4-12H,1-3H3. The molecule has 0 aliphatic carbocycles. The fraction of sp³-hybridized carbons (Fsp3) is 0.130. The van der Waals surface area contributed by atoms with Crippen molar-refractivity contribution in [1.82, 2.24) is 14.6 Å². The maximum absolute atomic E-state index is 4.62. The molecule has 4 heteroatoms. The molecule has 3 aromatic carbocycles. The predicted octanol–water partition coefficient (Wildman–Crippen LogP) is 6.39. The molecule has 0 aliphatic heterocycles. The van der Waals surface area contributed by atoms with E-state index in [4.69, 9.17) is 0 Å². The predicted molar refractivity (Wildman–Crippen MR) is 115 cm³/mol. The lowest BCUT2D eigenvalue weighted by molar-refractivity contribution is 1.11. The van der Waals surface area contributed by atoms with Crippen LogP contribution in [0.3, 0.4) is 0 Å². The highest BCUT2D eigenvalue weighted by Gasteiger charge is 2.17. The SMILES string of the molecule is Cc1cc(C)c(-c2nnc3c4ccccc4c4cc(Br)ccc4n23)cc1C. The van der Waals surface area contributed by atoms with Gasteiger partial charge in [-0.15, -0.1) is 10.2 Å². The first-order chi connectivity index (χ1) is 13.0. The third kappa shape index (κ3) is 2.40. The Hall–Kier alpha value is -2.72. The third-order valence-corrected chi connectivity index (χ3v) is 5.90. The van der Waals surface area contributed by atoms with E-state index in [1.165, 1.54) is 27.5 Å². The number of nitrogens with zero attached hydrogens (tertiary/aromatic N) is 3. The molecule has 0 N–H and O–H groups in total. The summed E-state index contributed by atoms with van der Waals surface area (Å²) < 4.78 is 3.26. The minimum Gasteiger partial charge on any atom is -0.274 e. The molecule has 27 heavy (non-hydrogen) atoms. The molecule has 0 aliphatic rings. The molecule has 0 bridgehead atoms. The van der Waals surface area contributed by atoms with E-state index in [1.54, 1.807) is 0 Å². The molecule has 5 aromatic rings. The van der Waals surface area contributed by atoms with Gasteiger partial charge in [0, 0.05) is 20.8 Å². The van der Waals surface area contributed by atoms with Crippen LogP contribution >= 0.6 is 15.9 Å². The van der Waals surface area contributed by atoms with Crippen molar-refractivity contribution in [2.24, 2.45) is 0 Å². The molecule has 0 saturated heterocycles. The molecule has 5 rings (SSSR count). The molecular formula is C23H18BrN3. The number of aromatic nitrogens is 3. The second-order valence-electron chi connectivity index (χ2n) is 7.14. The fourth-order valence-corrected chi connectivity index (χ4v) is 4.26. The van der Waals surface area contributed by atoms with Gasteiger partial charge in [0.25, 0.3) is 0 Å². The van der Waals surface area contributed by atoms with Crippen LogP contribution in [0.25, 0.3) is 38.7 Å². The van der Waals surface area contributed by atoms with Crippen molar-refractivity contribution in [3.63, 3.8) is 0 Å². The van der Waals surface area contributed by atoms with Gasteiger partial charge >= 0.3 is 0 Å². The van der Waals surface area contributed by atoms with Gasteiger partial charge < -0.3 is 0 Å². The van der Waals surface area contributed by atoms with E-state index < -0.39 is 0 Å². The van der Waals surface area contributed by atoms with Gasteiger partial charge in [-0.1, -0.05) is 46.3 Å². The Morgan fingerprint density at radius 3 is 2.30 bits per heavy atom. The summed E-state index contributed by atoms with van der Waals surface area (Å²) in [4.78, 5) is 0. The van der Waals surface area contributed by atoms with Gasteiger partial charge in [-0.3, -0.25) is 4.40 Å². The molecule has 2 heterocycles. The summed E-state index contributed by atoms with van der Waals surface area (Å²) >= 11 is 3.62. The molecule has 0 fully saturated rings. The molecule has 0 radical (unpaired) electrons. The Bertz CT molecular complexity index is 1370. The first-order valence-electron chi connectivity index (χ1n) is 8.98. The van der Waals surface area contributed by atoms with E-state index in [1.807, 2.05) is 0 Å². The molecule has 2 aromatic heterocycles. The van der Waals surface area contributed by atoms with E-state index >= 15 is 0 Å². The lowest BCUT2D eigenvalue weighted by Gasteiger charge is -2.12. The average Bonchev–Trinajstić information content (AvgIpc) is 3.10. The summed E-state index contributed by atoms with van der Waals surface area (Å²) in [6.45, 7) is 6.43. The molecule has 132 valence electrons. The zero-order valence-corrected chi connectivity index (χ0v) is 17.0. The molecule has 0 saturated carbocycles. The van der Waals surface area contributed by atoms with Gasteiger partial charge in [-0.2, -0.15) is 0 Å². The van der Waals surface area contributed by atoms with Crippen LogP contribution in [-0.4, -0.2) is 14.6 Å². The average molecular weight is 416 g/mol. The van der Waals surface area contributed by atoms with Crippen LogP contribution in [0.15, 0.2) is 59.1 Å². The summed E-state index contributed by atoms with van der Waals surface area (Å²) in [6, 6.07) is 19.2. The summed E-state index contributed by atoms with van der Waals surface area (Å²) in [5.74, 6) is 0.892. The number of aryl methyl sites for hydroxylation is 3. The van der Waals surface area contributed by atoms with Crippen molar-refractivity contribution in [2.75, 3.05) is 0 Å². The molecule has 0 unspecified atom stereocenters. The van der Waals surface area contributed by atoms with Crippen molar-refractivity contribution >= 4 is 43.3 Å². The minimum absolute atomic E-state index is 0.892. The lowest BCUT2D eigenvalue weighted by Crippen LogP contribution is -1.97. The van der Waals surface area contributed by atoms with E-state index in [-0.39, 0.29) is 0 Å². The van der Waals surface area contributed by atoms with Gasteiger partial charge in [-0.05, 0) is 67.1 Å². The van der Waals surface area contributed by atoms with Gasteiger partial charge in [0.1, 0.15) is 0 Å². The maximum atomic E-state index is 4.62. The van der Waals surface area contributed by atoms with Gasteiger partial charge in [0.05, 0.1) is 5.52 Å². The van der Waals surface area contributed by atoms with Crippen molar-refractivity contribution in [3.05, 3.63) is 75.8 Å². The molecular weight excluding hydrogens is 398 g/mol. The van der Waals surface area contributed by atoms with Crippen LogP contribution in [-0.2, 0) is 0 Å². The highest BCUT2D eigenvalue weighted by atomic mass is 79.9. The Balaban J connectivity index is 2.00. The highest BCUT2D eigenvalue weighted by molar-refractivity contribution is 9.10. The smallest absolute Gasteiger partial charge is 0.169 e. The fourth-order valence-electron chi connectivity index (χ4n) is 3.89. The van der Waals surface area contributed by atoms with E-state index in [9.17, 15) is 0 Å². The number of fused-ring (bicyclic) bond motifs is 6. The number of hydrogen-bond donors (Lipinski definition) is 0. The number of halogens is 1. The van der Waals surface area contributed by atoms with E-state index in [0.29, 0.717) is 0 Å². The zero-order valence-electron chi connectivity index (χ0n) is 15.4. The first-order valence-corrected chi connectivity index (χ1v) is 9.77. The maximum Gasteiger partial charge on any atom is 0.169 e. The van der Waals surface area contributed by atoms with Crippen LogP contribution in [0.4, 0.5) is 0 Å². The van der Waals surface area contributed by atoms with Gasteiger partial charge in [0.2, 0.25) is 0 Å². The van der Waals surface area contributed by atoms with Crippen molar-refractivity contribution in [1.29, 1.82) is 0 Å². The summed E-state index contributed by atoms with van der Waals surface area (Å²) in [6.07, 6.45) is 0. The summed E-state index contributed by atoms with van der Waals surface area (Å²) in [5.41, 5.74) is 6.91. The lowest BCUT2D eigenvalue weighted by atomic mass is 10.00. The minimum atomic E-state index is 0.892. The largest absolute Gasteiger partial charge is 0.274 e. The normalized spacial score (nSPS) is 11.7. The Kier molecular flexibility index (Phi) is 3.59. The first kappa shape index (κ1) is 16.5. The van der Waals surface area contributed by atoms with Gasteiger partial charge in [0.15, 0.2) is 11.5 Å². The topological polar surface area (TPSA) is 30.2 Å². The Morgan fingerprint density at radius 2 is 1.48 bits per heavy atom. The zero-order chi connectivity index (χ0) is 18.7. The van der Waals surface area contributed by atoms with E-state index in [0.717, 1.165) is 32.4 Å². The van der Waals surface area contributed by atoms with Crippen LogP contribution in [0, 0.1) is 20.8 Å². The van der Waals surface area contributed by atoms with Crippen molar-refractivity contribution in [3.8, 4) is 11.4 Å². The number of hydrogen-bond acceptors (Lipinski definition) is 2. The van der Waals surface area contributed by atoms with Crippen molar-refractivity contribution < 1.29 is 0 Å². The quantitative estimate of drug-likeness (QED) is 0.297. The Labute approximate surface area is 165 Å². The number of rotatable bonds is 1. The third-order valence-electron chi connectivity index (χ3n) is 5.40. The molecule has 0 atom stereocenters. The summed E-state index contributed by atoms with van der Waals surface area (Å²) in [5, 5.41) is 12.7. The van der Waals surface area contributed by atoms with Crippen molar-refractivity contribution in [2.45, 2.75) is 20.8 Å². The van der Waals surface area contributed by atoms with Gasteiger partial charge in [-0.25, -0.2) is 0 Å². The Morgan fingerprint density at radius 1 is 0.741 bits per heavy atom. The second-order valence-corrected chi connectivity index (χ2v) is 8.06. The van der Waals surface area contributed by atoms with Crippen LogP contribution in [0.1, 0.15) is 16.7 Å². The molecule has 0 amide bonds. The number of pyridine rings is 1. The van der Waals surface area contributed by atoms with Crippen LogP contribution in [0.2, 0.25) is 0 Å². The van der Waals surface area contributed by atoms with E-state index in [2.05, 4.69) is 106 Å². The van der Waals surface area contributed by atoms with Crippen LogP contribution in [0.5, 0.6) is 0 Å². The summed E-state index contributed by atoms with van der Waals surface area (Å²) in [7, 11) is 0.